The Balaban J connectivity index is 2.63. The van der Waals surface area contributed by atoms with Crippen LogP contribution in [0, 0.1) is 11.6 Å². The number of hydrogen-bond donors (Lipinski definition) is 3. The smallest absolute Gasteiger partial charge is 0.325 e. The van der Waals surface area contributed by atoms with Crippen molar-refractivity contribution in [2.45, 2.75) is 12.8 Å². The largest absolute Gasteiger partial charge is 0.481 e. The lowest BCUT2D eigenvalue weighted by molar-refractivity contribution is -0.138. The molecule has 9 heteroatoms. The van der Waals surface area contributed by atoms with E-state index in [1.165, 1.54) is 0 Å². The van der Waals surface area contributed by atoms with Gasteiger partial charge in [-0.1, -0.05) is 0 Å². The average molecular weight is 351 g/mol. The first kappa shape index (κ1) is 16.0. The highest BCUT2D eigenvalue weighted by Gasteiger charge is 2.15. The van der Waals surface area contributed by atoms with Gasteiger partial charge in [0.25, 0.3) is 0 Å². The predicted octanol–water partition coefficient (Wildman–Crippen LogP) is 2.24. The molecule has 108 valence electrons. The molecule has 0 aliphatic heterocycles. The van der Waals surface area contributed by atoms with E-state index < -0.39 is 42.4 Å². The van der Waals surface area contributed by atoms with Gasteiger partial charge in [-0.25, -0.2) is 13.6 Å². The van der Waals surface area contributed by atoms with Crippen molar-refractivity contribution in [3.63, 3.8) is 0 Å². The summed E-state index contributed by atoms with van der Waals surface area (Å²) in [6.45, 7) is 0. The number of nitrogens with one attached hydrogen (secondary N) is 2. The van der Waals surface area contributed by atoms with E-state index in [1.807, 2.05) is 10.6 Å². The first-order chi connectivity index (χ1) is 9.29. The van der Waals surface area contributed by atoms with E-state index in [0.29, 0.717) is 6.07 Å². The first-order valence-electron chi connectivity index (χ1n) is 5.26. The van der Waals surface area contributed by atoms with Crippen LogP contribution in [0.1, 0.15) is 12.8 Å². The number of urea groups is 1. The molecule has 0 aromatic heterocycles. The van der Waals surface area contributed by atoms with Crippen molar-refractivity contribution in [2.24, 2.45) is 0 Å². The van der Waals surface area contributed by atoms with Gasteiger partial charge in [-0.15, -0.1) is 0 Å². The zero-order valence-corrected chi connectivity index (χ0v) is 11.5. The van der Waals surface area contributed by atoms with Crippen LogP contribution in [0.2, 0.25) is 0 Å². The standard InChI is InChI=1S/C11H9BrF2N2O4/c12-6-3-5(13)4-7(14)10(6)16-11(20)15-8(17)1-2-9(18)19/h3-4H,1-2H2,(H,18,19)(H2,15,16,17,20). The Morgan fingerprint density at radius 3 is 2.40 bits per heavy atom. The highest BCUT2D eigenvalue weighted by Crippen LogP contribution is 2.26. The summed E-state index contributed by atoms with van der Waals surface area (Å²) < 4.78 is 26.2. The molecule has 20 heavy (non-hydrogen) atoms. The summed E-state index contributed by atoms with van der Waals surface area (Å²) in [5, 5.41) is 12.2. The second-order valence-corrected chi connectivity index (χ2v) is 4.49. The summed E-state index contributed by atoms with van der Waals surface area (Å²) >= 11 is 2.86. The molecule has 0 aliphatic rings. The summed E-state index contributed by atoms with van der Waals surface area (Å²) in [5.74, 6) is -3.88. The van der Waals surface area contributed by atoms with Gasteiger partial charge in [0.2, 0.25) is 5.91 Å². The predicted molar refractivity (Wildman–Crippen MR) is 68.1 cm³/mol. The minimum atomic E-state index is -1.19. The van der Waals surface area contributed by atoms with Crippen molar-refractivity contribution in [3.8, 4) is 0 Å². The monoisotopic (exact) mass is 350 g/mol. The molecule has 1 rings (SSSR count). The van der Waals surface area contributed by atoms with Crippen molar-refractivity contribution in [1.29, 1.82) is 0 Å². The van der Waals surface area contributed by atoms with Crippen LogP contribution in [0.25, 0.3) is 0 Å². The van der Waals surface area contributed by atoms with Crippen molar-refractivity contribution in [2.75, 3.05) is 5.32 Å². The molecular weight excluding hydrogens is 342 g/mol. The zero-order valence-electron chi connectivity index (χ0n) is 9.87. The van der Waals surface area contributed by atoms with E-state index in [0.717, 1.165) is 6.07 Å². The van der Waals surface area contributed by atoms with Gasteiger partial charge in [-0.2, -0.15) is 0 Å². The van der Waals surface area contributed by atoms with Crippen LogP contribution in [-0.2, 0) is 9.59 Å². The summed E-state index contributed by atoms with van der Waals surface area (Å²) in [7, 11) is 0. The molecule has 6 nitrogen and oxygen atoms in total. The van der Waals surface area contributed by atoms with E-state index >= 15 is 0 Å². The first-order valence-corrected chi connectivity index (χ1v) is 6.06. The van der Waals surface area contributed by atoms with Gasteiger partial charge in [0.1, 0.15) is 5.82 Å². The maximum atomic E-state index is 13.4. The number of carbonyl (C=O) groups is 3. The molecule has 3 N–H and O–H groups in total. The van der Waals surface area contributed by atoms with Gasteiger partial charge in [-0.3, -0.25) is 14.9 Å². The summed E-state index contributed by atoms with van der Waals surface area (Å²) in [5.41, 5.74) is -0.338. The molecule has 0 bridgehead atoms. The lowest BCUT2D eigenvalue weighted by atomic mass is 10.3. The molecule has 1 aromatic rings. The minimum Gasteiger partial charge on any atom is -0.481 e. The fourth-order valence-corrected chi connectivity index (χ4v) is 1.72. The highest BCUT2D eigenvalue weighted by atomic mass is 79.9. The van der Waals surface area contributed by atoms with Crippen LogP contribution in [0.3, 0.4) is 0 Å². The highest BCUT2D eigenvalue weighted by molar-refractivity contribution is 9.10. The number of carboxylic acids is 1. The van der Waals surface area contributed by atoms with Crippen LogP contribution in [0.4, 0.5) is 19.3 Å². The molecule has 0 atom stereocenters. The van der Waals surface area contributed by atoms with E-state index in [2.05, 4.69) is 15.9 Å². The van der Waals surface area contributed by atoms with Crippen molar-refractivity contribution in [3.05, 3.63) is 28.2 Å². The zero-order chi connectivity index (χ0) is 15.3. The molecule has 3 amide bonds. The number of aliphatic carboxylic acids is 1. The van der Waals surface area contributed by atoms with Crippen LogP contribution in [0.15, 0.2) is 16.6 Å². The number of imide groups is 1. The van der Waals surface area contributed by atoms with Gasteiger partial charge in [0.15, 0.2) is 5.82 Å². The Morgan fingerprint density at radius 2 is 1.85 bits per heavy atom. The average Bonchev–Trinajstić information content (AvgIpc) is 2.31. The number of anilines is 1. The van der Waals surface area contributed by atoms with Crippen molar-refractivity contribution < 1.29 is 28.3 Å². The second kappa shape index (κ2) is 6.94. The van der Waals surface area contributed by atoms with Crippen LogP contribution >= 0.6 is 15.9 Å². The Kier molecular flexibility index (Phi) is 5.56. The van der Waals surface area contributed by atoms with E-state index in [-0.39, 0.29) is 10.2 Å². The fourth-order valence-electron chi connectivity index (χ4n) is 1.22. The molecule has 1 aromatic carbocycles. The molecule has 0 radical (unpaired) electrons. The third kappa shape index (κ3) is 4.92. The third-order valence-electron chi connectivity index (χ3n) is 2.06. The summed E-state index contributed by atoms with van der Waals surface area (Å²) in [6.07, 6.45) is -0.830. The minimum absolute atomic E-state index is 0.0388. The lowest BCUT2D eigenvalue weighted by Gasteiger charge is -2.09. The van der Waals surface area contributed by atoms with Gasteiger partial charge < -0.3 is 10.4 Å². The van der Waals surface area contributed by atoms with Gasteiger partial charge in [0.05, 0.1) is 12.1 Å². The molecule has 0 saturated heterocycles. The number of carbonyl (C=O) groups excluding carboxylic acids is 2. The molecular formula is C11H9BrF2N2O4. The lowest BCUT2D eigenvalue weighted by Crippen LogP contribution is -2.34. The van der Waals surface area contributed by atoms with Crippen LogP contribution < -0.4 is 10.6 Å². The Morgan fingerprint density at radius 1 is 1.20 bits per heavy atom. The normalized spacial score (nSPS) is 9.95. The maximum absolute atomic E-state index is 13.4. The SMILES string of the molecule is O=C(O)CCC(=O)NC(=O)Nc1c(F)cc(F)cc1Br. The molecule has 0 aliphatic carbocycles. The summed E-state index contributed by atoms with van der Waals surface area (Å²) in [6, 6.07) is 0.448. The molecule has 0 spiro atoms. The van der Waals surface area contributed by atoms with E-state index in [4.69, 9.17) is 5.11 Å². The van der Waals surface area contributed by atoms with Gasteiger partial charge in [-0.05, 0) is 22.0 Å². The van der Waals surface area contributed by atoms with Crippen molar-refractivity contribution >= 4 is 39.5 Å². The van der Waals surface area contributed by atoms with Crippen LogP contribution in [-0.4, -0.2) is 23.0 Å². The number of hydrogen-bond acceptors (Lipinski definition) is 3. The number of amides is 3. The molecule has 0 fully saturated rings. The van der Waals surface area contributed by atoms with Gasteiger partial charge >= 0.3 is 12.0 Å². The molecule has 0 heterocycles. The topological polar surface area (TPSA) is 95.5 Å². The Bertz CT molecular complexity index is 542. The van der Waals surface area contributed by atoms with Crippen molar-refractivity contribution in [1.82, 2.24) is 5.32 Å². The van der Waals surface area contributed by atoms with E-state index in [9.17, 15) is 23.2 Å². The molecule has 0 unspecified atom stereocenters. The van der Waals surface area contributed by atoms with Crippen LogP contribution in [0.5, 0.6) is 0 Å². The quantitative estimate of drug-likeness (QED) is 0.775. The number of benzene rings is 1. The molecule has 0 saturated carbocycles. The Labute approximate surface area is 120 Å². The number of rotatable bonds is 4. The number of carboxylic acid groups (broad SMARTS) is 1. The third-order valence-corrected chi connectivity index (χ3v) is 2.69. The second-order valence-electron chi connectivity index (χ2n) is 3.64. The van der Waals surface area contributed by atoms with Gasteiger partial charge in [0, 0.05) is 17.0 Å². The number of halogens is 3. The van der Waals surface area contributed by atoms with E-state index in [1.54, 1.807) is 0 Å². The fraction of sp³-hybridized carbons (Fsp3) is 0.182. The Hall–Kier alpha value is -2.03. The maximum Gasteiger partial charge on any atom is 0.325 e. The summed E-state index contributed by atoms with van der Waals surface area (Å²) in [4.78, 5) is 32.8.